The van der Waals surface area contributed by atoms with Gasteiger partial charge in [0.15, 0.2) is 0 Å². The molecule has 3 rings (SSSR count). The Kier molecular flexibility index (Phi) is 3.96. The molecule has 2 heterocycles. The van der Waals surface area contributed by atoms with Crippen molar-refractivity contribution >= 4 is 22.7 Å². The summed E-state index contributed by atoms with van der Waals surface area (Å²) in [6.07, 6.45) is 4.83. The summed E-state index contributed by atoms with van der Waals surface area (Å²) in [5.74, 6) is 0. The van der Waals surface area contributed by atoms with E-state index in [2.05, 4.69) is 4.98 Å². The third-order valence-corrected chi connectivity index (χ3v) is 4.23. The average Bonchev–Trinajstić information content (AvgIpc) is 2.88. The molecule has 0 spiro atoms. The maximum atomic E-state index is 12.6. The van der Waals surface area contributed by atoms with Gasteiger partial charge in [-0.2, -0.15) is 0 Å². The van der Waals surface area contributed by atoms with Gasteiger partial charge in [-0.05, 0) is 58.2 Å². The molecule has 124 valence electrons. The fraction of sp³-hybridized carbons (Fsp3) is 0.500. The van der Waals surface area contributed by atoms with Crippen LogP contribution >= 0.6 is 0 Å². The Morgan fingerprint density at radius 3 is 2.87 bits per heavy atom. The SMILES string of the molecule is CC(C)(C)OC(=O)N1CCCCC1c1c[nH]c2ccc(N)cc12. The van der Waals surface area contributed by atoms with Crippen molar-refractivity contribution in [2.75, 3.05) is 12.3 Å². The van der Waals surface area contributed by atoms with E-state index >= 15 is 0 Å². The molecule has 1 saturated heterocycles. The Hall–Kier alpha value is -2.17. The second-order valence-corrected chi connectivity index (χ2v) is 7.23. The number of nitrogen functional groups attached to an aromatic ring is 1. The minimum absolute atomic E-state index is 0.0362. The number of piperidine rings is 1. The van der Waals surface area contributed by atoms with Crippen LogP contribution in [0.15, 0.2) is 24.4 Å². The van der Waals surface area contributed by atoms with E-state index in [-0.39, 0.29) is 12.1 Å². The van der Waals surface area contributed by atoms with Crippen molar-refractivity contribution in [2.24, 2.45) is 0 Å². The molecule has 1 amide bonds. The molecule has 2 aromatic rings. The van der Waals surface area contributed by atoms with Crippen molar-refractivity contribution in [1.82, 2.24) is 9.88 Å². The summed E-state index contributed by atoms with van der Waals surface area (Å²) in [6.45, 7) is 6.43. The third kappa shape index (κ3) is 3.28. The van der Waals surface area contributed by atoms with E-state index in [1.54, 1.807) is 0 Å². The summed E-state index contributed by atoms with van der Waals surface area (Å²) in [6, 6.07) is 5.88. The molecule has 1 aromatic heterocycles. The lowest BCUT2D eigenvalue weighted by molar-refractivity contribution is 0.00969. The zero-order valence-electron chi connectivity index (χ0n) is 14.1. The van der Waals surface area contributed by atoms with Crippen LogP contribution in [0.5, 0.6) is 0 Å². The van der Waals surface area contributed by atoms with Crippen molar-refractivity contribution in [2.45, 2.75) is 51.7 Å². The molecule has 3 N–H and O–H groups in total. The maximum absolute atomic E-state index is 12.6. The minimum Gasteiger partial charge on any atom is -0.444 e. The Bertz CT molecular complexity index is 715. The highest BCUT2D eigenvalue weighted by atomic mass is 16.6. The van der Waals surface area contributed by atoms with Crippen molar-refractivity contribution in [1.29, 1.82) is 0 Å². The number of H-pyrrole nitrogens is 1. The zero-order valence-corrected chi connectivity index (χ0v) is 14.1. The molecule has 1 atom stereocenters. The fourth-order valence-corrected chi connectivity index (χ4v) is 3.23. The fourth-order valence-electron chi connectivity index (χ4n) is 3.23. The molecule has 1 fully saturated rings. The Morgan fingerprint density at radius 2 is 2.13 bits per heavy atom. The predicted molar refractivity (Wildman–Crippen MR) is 92.2 cm³/mol. The number of nitrogens with two attached hydrogens (primary N) is 1. The van der Waals surface area contributed by atoms with Gasteiger partial charge in [0.1, 0.15) is 5.60 Å². The number of carbonyl (C=O) groups excluding carboxylic acids is 1. The number of ether oxygens (including phenoxy) is 1. The number of anilines is 1. The molecular formula is C18H25N3O2. The predicted octanol–water partition coefficient (Wildman–Crippen LogP) is 4.21. The second-order valence-electron chi connectivity index (χ2n) is 7.23. The van der Waals surface area contributed by atoms with E-state index in [0.717, 1.165) is 48.0 Å². The number of hydrogen-bond acceptors (Lipinski definition) is 3. The lowest BCUT2D eigenvalue weighted by Crippen LogP contribution is -2.41. The first-order chi connectivity index (χ1) is 10.8. The summed E-state index contributed by atoms with van der Waals surface area (Å²) < 4.78 is 5.59. The number of amides is 1. The molecule has 5 nitrogen and oxygen atoms in total. The van der Waals surface area contributed by atoms with Gasteiger partial charge in [0.25, 0.3) is 0 Å². The van der Waals surface area contributed by atoms with Crippen LogP contribution in [-0.2, 0) is 4.74 Å². The van der Waals surface area contributed by atoms with Gasteiger partial charge >= 0.3 is 6.09 Å². The highest BCUT2D eigenvalue weighted by Crippen LogP contribution is 2.36. The normalized spacial score (nSPS) is 19.1. The average molecular weight is 315 g/mol. The summed E-state index contributed by atoms with van der Waals surface area (Å²) in [5.41, 5.74) is 8.36. The van der Waals surface area contributed by atoms with Crippen molar-refractivity contribution in [3.05, 3.63) is 30.0 Å². The van der Waals surface area contributed by atoms with Gasteiger partial charge in [-0.3, -0.25) is 0 Å². The first-order valence-electron chi connectivity index (χ1n) is 8.21. The number of hydrogen-bond donors (Lipinski definition) is 2. The summed E-state index contributed by atoms with van der Waals surface area (Å²) >= 11 is 0. The molecule has 0 saturated carbocycles. The van der Waals surface area contributed by atoms with E-state index in [9.17, 15) is 4.79 Å². The van der Waals surface area contributed by atoms with Crippen molar-refractivity contribution in [3.8, 4) is 0 Å². The Morgan fingerprint density at radius 1 is 1.35 bits per heavy atom. The Balaban J connectivity index is 1.94. The number of nitrogens with zero attached hydrogens (tertiary/aromatic N) is 1. The van der Waals surface area contributed by atoms with Crippen LogP contribution in [0.3, 0.4) is 0 Å². The molecule has 1 aliphatic heterocycles. The van der Waals surface area contributed by atoms with E-state index in [0.29, 0.717) is 0 Å². The quantitative estimate of drug-likeness (QED) is 0.774. The first kappa shape index (κ1) is 15.7. The van der Waals surface area contributed by atoms with Gasteiger partial charge in [-0.1, -0.05) is 0 Å². The van der Waals surface area contributed by atoms with Gasteiger partial charge in [-0.15, -0.1) is 0 Å². The second kappa shape index (κ2) is 5.80. The van der Waals surface area contributed by atoms with Crippen LogP contribution in [0.2, 0.25) is 0 Å². The highest BCUT2D eigenvalue weighted by Gasteiger charge is 2.32. The number of aromatic amines is 1. The molecule has 0 aliphatic carbocycles. The lowest BCUT2D eigenvalue weighted by atomic mass is 9.95. The van der Waals surface area contributed by atoms with Crippen LogP contribution in [0.25, 0.3) is 10.9 Å². The van der Waals surface area contributed by atoms with Gasteiger partial charge < -0.3 is 20.4 Å². The van der Waals surface area contributed by atoms with Gasteiger partial charge in [0.05, 0.1) is 6.04 Å². The van der Waals surface area contributed by atoms with Crippen molar-refractivity contribution < 1.29 is 9.53 Å². The van der Waals surface area contributed by atoms with E-state index in [1.165, 1.54) is 0 Å². The minimum atomic E-state index is -0.482. The molecule has 1 aliphatic rings. The number of carbonyl (C=O) groups is 1. The van der Waals surface area contributed by atoms with E-state index in [4.69, 9.17) is 10.5 Å². The summed E-state index contributed by atoms with van der Waals surface area (Å²) in [4.78, 5) is 17.7. The van der Waals surface area contributed by atoms with E-state index < -0.39 is 5.60 Å². The zero-order chi connectivity index (χ0) is 16.6. The number of likely N-dealkylation sites (tertiary alicyclic amines) is 1. The molecule has 0 radical (unpaired) electrons. The van der Waals surface area contributed by atoms with Gasteiger partial charge in [0.2, 0.25) is 0 Å². The molecule has 23 heavy (non-hydrogen) atoms. The highest BCUT2D eigenvalue weighted by molar-refractivity contribution is 5.87. The van der Waals surface area contributed by atoms with Crippen LogP contribution in [0.1, 0.15) is 51.6 Å². The molecule has 1 aromatic carbocycles. The number of fused-ring (bicyclic) bond motifs is 1. The third-order valence-electron chi connectivity index (χ3n) is 4.23. The monoisotopic (exact) mass is 315 g/mol. The summed E-state index contributed by atoms with van der Waals surface area (Å²) in [5, 5.41) is 1.09. The van der Waals surface area contributed by atoms with Crippen LogP contribution in [0, 0.1) is 0 Å². The smallest absolute Gasteiger partial charge is 0.410 e. The van der Waals surface area contributed by atoms with Crippen molar-refractivity contribution in [3.63, 3.8) is 0 Å². The molecular weight excluding hydrogens is 290 g/mol. The maximum Gasteiger partial charge on any atom is 0.410 e. The summed E-state index contributed by atoms with van der Waals surface area (Å²) in [7, 11) is 0. The molecule has 5 heteroatoms. The topological polar surface area (TPSA) is 71.3 Å². The van der Waals surface area contributed by atoms with E-state index in [1.807, 2.05) is 50.1 Å². The standard InChI is InChI=1S/C18H25N3O2/c1-18(2,3)23-17(22)21-9-5-4-6-16(21)14-11-20-15-8-7-12(19)10-13(14)15/h7-8,10-11,16,20H,4-6,9,19H2,1-3H3. The lowest BCUT2D eigenvalue weighted by Gasteiger charge is -2.36. The Labute approximate surface area is 136 Å². The molecule has 1 unspecified atom stereocenters. The largest absolute Gasteiger partial charge is 0.444 e. The molecule has 0 bridgehead atoms. The first-order valence-corrected chi connectivity index (χ1v) is 8.21. The number of rotatable bonds is 1. The van der Waals surface area contributed by atoms with Gasteiger partial charge in [-0.25, -0.2) is 4.79 Å². The van der Waals surface area contributed by atoms with Gasteiger partial charge in [0, 0.05) is 34.9 Å². The number of benzene rings is 1. The van der Waals surface area contributed by atoms with Crippen LogP contribution in [0.4, 0.5) is 10.5 Å². The van der Waals surface area contributed by atoms with Crippen LogP contribution in [-0.4, -0.2) is 28.1 Å². The van der Waals surface area contributed by atoms with Crippen LogP contribution < -0.4 is 5.73 Å². The number of nitrogens with one attached hydrogen (secondary N) is 1. The number of aromatic nitrogens is 1.